The lowest BCUT2D eigenvalue weighted by Crippen LogP contribution is -2.45. The molecule has 8 heteroatoms. The summed E-state index contributed by atoms with van der Waals surface area (Å²) in [4.78, 5) is 41.9. The highest BCUT2D eigenvalue weighted by molar-refractivity contribution is 5.95. The lowest BCUT2D eigenvalue weighted by Gasteiger charge is -2.15. The van der Waals surface area contributed by atoms with Gasteiger partial charge in [0.05, 0.1) is 13.7 Å². The normalized spacial score (nSPS) is 15.3. The summed E-state index contributed by atoms with van der Waals surface area (Å²) < 4.78 is 9.43. The number of ether oxygens (including phenoxy) is 2. The van der Waals surface area contributed by atoms with Crippen LogP contribution in [-0.4, -0.2) is 48.7 Å². The number of hydrogen-bond donors (Lipinski definition) is 2. The molecule has 1 aromatic rings. The van der Waals surface area contributed by atoms with Crippen molar-refractivity contribution in [2.45, 2.75) is 24.8 Å². The van der Waals surface area contributed by atoms with Crippen LogP contribution in [-0.2, 0) is 14.3 Å². The highest BCUT2D eigenvalue weighted by Gasteiger charge is 2.28. The van der Waals surface area contributed by atoms with Gasteiger partial charge >= 0.3 is 5.97 Å². The van der Waals surface area contributed by atoms with E-state index in [0.717, 1.165) is 18.9 Å². The maximum absolute atomic E-state index is 12.1. The van der Waals surface area contributed by atoms with Crippen LogP contribution >= 0.6 is 0 Å². The van der Waals surface area contributed by atoms with Crippen molar-refractivity contribution in [1.82, 2.24) is 15.3 Å². The predicted molar refractivity (Wildman–Crippen MR) is 72.0 cm³/mol. The number of nitrogens with one attached hydrogen (secondary N) is 2. The highest BCUT2D eigenvalue weighted by Crippen LogP contribution is 2.37. The summed E-state index contributed by atoms with van der Waals surface area (Å²) in [6.45, 7) is -0.0307. The minimum atomic E-state index is -0.946. The average molecular weight is 295 g/mol. The molecule has 1 saturated carbocycles. The Morgan fingerprint density at radius 3 is 2.76 bits per heavy atom. The number of hydrogen-bond acceptors (Lipinski definition) is 6. The molecule has 8 nitrogen and oxygen atoms in total. The Bertz CT molecular complexity index is 594. The second-order valence-corrected chi connectivity index (χ2v) is 4.79. The molecule has 2 rings (SSSR count). The number of rotatable bonds is 6. The number of aromatic nitrogens is 2. The number of methoxy groups -OCH3 is 2. The number of aromatic amines is 1. The van der Waals surface area contributed by atoms with Crippen LogP contribution in [0, 0.1) is 0 Å². The molecule has 21 heavy (non-hydrogen) atoms. The van der Waals surface area contributed by atoms with Crippen molar-refractivity contribution in [3.8, 4) is 0 Å². The van der Waals surface area contributed by atoms with Gasteiger partial charge in [0.25, 0.3) is 11.5 Å². The van der Waals surface area contributed by atoms with Gasteiger partial charge in [-0.05, 0) is 12.8 Å². The van der Waals surface area contributed by atoms with Gasteiger partial charge in [-0.15, -0.1) is 0 Å². The molecule has 0 aromatic carbocycles. The van der Waals surface area contributed by atoms with Gasteiger partial charge < -0.3 is 19.8 Å². The Morgan fingerprint density at radius 2 is 2.19 bits per heavy atom. The van der Waals surface area contributed by atoms with Crippen molar-refractivity contribution in [3.05, 3.63) is 27.9 Å². The predicted octanol–water partition coefficient (Wildman–Crippen LogP) is -0.435. The van der Waals surface area contributed by atoms with Gasteiger partial charge in [-0.3, -0.25) is 9.59 Å². The number of nitrogens with zero attached hydrogens (tertiary/aromatic N) is 1. The van der Waals surface area contributed by atoms with Crippen LogP contribution in [0.25, 0.3) is 0 Å². The standard InChI is InChI=1S/C13H17N3O5/c1-20-6-9(13(19)21-2)15-12(18)8-5-10(17)16-11(14-8)7-3-4-7/h5,7,9H,3-4,6H2,1-2H3,(H,15,18)(H,14,16,17). The fourth-order valence-electron chi connectivity index (χ4n) is 1.85. The first kappa shape index (κ1) is 15.2. The van der Waals surface area contributed by atoms with Gasteiger partial charge in [-0.1, -0.05) is 0 Å². The molecule has 1 aliphatic rings. The van der Waals surface area contributed by atoms with Gasteiger partial charge in [0.1, 0.15) is 11.5 Å². The first-order valence-corrected chi connectivity index (χ1v) is 6.54. The van der Waals surface area contributed by atoms with Gasteiger partial charge in [0.15, 0.2) is 6.04 Å². The molecule has 0 saturated heterocycles. The Kier molecular flexibility index (Phi) is 4.69. The molecule has 0 spiro atoms. The van der Waals surface area contributed by atoms with E-state index < -0.39 is 23.5 Å². The van der Waals surface area contributed by atoms with E-state index >= 15 is 0 Å². The number of esters is 1. The zero-order chi connectivity index (χ0) is 15.4. The summed E-state index contributed by atoms with van der Waals surface area (Å²) in [5.41, 5.74) is -0.413. The first-order valence-electron chi connectivity index (χ1n) is 6.54. The topological polar surface area (TPSA) is 110 Å². The summed E-state index contributed by atoms with van der Waals surface area (Å²) in [6.07, 6.45) is 1.89. The molecule has 1 fully saturated rings. The minimum Gasteiger partial charge on any atom is -0.467 e. The van der Waals surface area contributed by atoms with Gasteiger partial charge in [-0.25, -0.2) is 9.78 Å². The zero-order valence-electron chi connectivity index (χ0n) is 11.8. The van der Waals surface area contributed by atoms with Gasteiger partial charge in [-0.2, -0.15) is 0 Å². The average Bonchev–Trinajstić information content (AvgIpc) is 3.29. The second kappa shape index (κ2) is 6.49. The summed E-state index contributed by atoms with van der Waals surface area (Å²) in [7, 11) is 2.62. The Balaban J connectivity index is 2.15. The molecular weight excluding hydrogens is 278 g/mol. The van der Waals surface area contributed by atoms with E-state index in [0.29, 0.717) is 5.82 Å². The van der Waals surface area contributed by atoms with E-state index in [2.05, 4.69) is 20.0 Å². The fraction of sp³-hybridized carbons (Fsp3) is 0.538. The molecule has 0 aliphatic heterocycles. The first-order chi connectivity index (χ1) is 10.0. The third kappa shape index (κ3) is 3.88. The quantitative estimate of drug-likeness (QED) is 0.689. The van der Waals surface area contributed by atoms with Crippen molar-refractivity contribution in [1.29, 1.82) is 0 Å². The lowest BCUT2D eigenvalue weighted by atomic mass is 10.2. The van der Waals surface area contributed by atoms with Crippen LogP contribution in [0.15, 0.2) is 10.9 Å². The van der Waals surface area contributed by atoms with E-state index in [1.165, 1.54) is 14.2 Å². The summed E-state index contributed by atoms with van der Waals surface area (Å²) in [5.74, 6) is -0.525. The smallest absolute Gasteiger partial charge is 0.330 e. The molecule has 0 radical (unpaired) electrons. The van der Waals surface area contributed by atoms with Crippen LogP contribution in [0.3, 0.4) is 0 Å². The fourth-order valence-corrected chi connectivity index (χ4v) is 1.85. The van der Waals surface area contributed by atoms with Crippen molar-refractivity contribution < 1.29 is 19.1 Å². The molecular formula is C13H17N3O5. The molecule has 0 bridgehead atoms. The molecule has 1 heterocycles. The molecule has 1 aromatic heterocycles. The molecule has 2 N–H and O–H groups in total. The summed E-state index contributed by atoms with van der Waals surface area (Å²) >= 11 is 0. The van der Waals surface area contributed by atoms with Crippen LogP contribution in [0.4, 0.5) is 0 Å². The van der Waals surface area contributed by atoms with Crippen molar-refractivity contribution in [3.63, 3.8) is 0 Å². The largest absolute Gasteiger partial charge is 0.467 e. The monoisotopic (exact) mass is 295 g/mol. The van der Waals surface area contributed by atoms with E-state index in [9.17, 15) is 14.4 Å². The molecule has 1 atom stereocenters. The third-order valence-electron chi connectivity index (χ3n) is 3.08. The summed E-state index contributed by atoms with van der Waals surface area (Å²) in [5, 5.41) is 2.44. The Hall–Kier alpha value is -2.22. The van der Waals surface area contributed by atoms with E-state index in [1.54, 1.807) is 0 Å². The number of H-pyrrole nitrogens is 1. The Labute approximate surface area is 120 Å². The number of carbonyl (C=O) groups is 2. The SMILES string of the molecule is COCC(NC(=O)c1cc(=O)[nH]c(C2CC2)n1)C(=O)OC. The van der Waals surface area contributed by atoms with Gasteiger partial charge in [0, 0.05) is 19.1 Å². The van der Waals surface area contributed by atoms with Crippen LogP contribution < -0.4 is 10.9 Å². The molecule has 114 valence electrons. The van der Waals surface area contributed by atoms with Crippen molar-refractivity contribution in [2.75, 3.05) is 20.8 Å². The van der Waals surface area contributed by atoms with Crippen molar-refractivity contribution in [2.24, 2.45) is 0 Å². The van der Waals surface area contributed by atoms with E-state index in [1.807, 2.05) is 0 Å². The lowest BCUT2D eigenvalue weighted by molar-refractivity contribution is -0.144. The van der Waals surface area contributed by atoms with Crippen LogP contribution in [0.2, 0.25) is 0 Å². The van der Waals surface area contributed by atoms with Crippen molar-refractivity contribution >= 4 is 11.9 Å². The van der Waals surface area contributed by atoms with Gasteiger partial charge in [0.2, 0.25) is 0 Å². The molecule has 1 amide bonds. The maximum atomic E-state index is 12.1. The molecule has 1 aliphatic carbocycles. The molecule has 1 unspecified atom stereocenters. The van der Waals surface area contributed by atoms with Crippen LogP contribution in [0.1, 0.15) is 35.1 Å². The van der Waals surface area contributed by atoms with Crippen LogP contribution in [0.5, 0.6) is 0 Å². The maximum Gasteiger partial charge on any atom is 0.330 e. The highest BCUT2D eigenvalue weighted by atomic mass is 16.5. The summed E-state index contributed by atoms with van der Waals surface area (Å²) in [6, 6.07) is 0.153. The Morgan fingerprint density at radius 1 is 1.48 bits per heavy atom. The minimum absolute atomic E-state index is 0.0225. The second-order valence-electron chi connectivity index (χ2n) is 4.79. The number of carbonyl (C=O) groups excluding carboxylic acids is 2. The third-order valence-corrected chi connectivity index (χ3v) is 3.08. The van der Waals surface area contributed by atoms with E-state index in [4.69, 9.17) is 4.74 Å². The van der Waals surface area contributed by atoms with E-state index in [-0.39, 0.29) is 18.2 Å². The zero-order valence-corrected chi connectivity index (χ0v) is 11.8. The number of amides is 1.